The summed E-state index contributed by atoms with van der Waals surface area (Å²) >= 11 is 1.57. The van der Waals surface area contributed by atoms with E-state index in [9.17, 15) is 13.2 Å². The molecule has 2 N–H and O–H groups in total. The van der Waals surface area contributed by atoms with Crippen LogP contribution in [-0.4, -0.2) is 32.4 Å². The van der Waals surface area contributed by atoms with E-state index in [1.54, 1.807) is 30.0 Å². The summed E-state index contributed by atoms with van der Waals surface area (Å²) in [4.78, 5) is 13.0. The van der Waals surface area contributed by atoms with Crippen LogP contribution in [0.2, 0.25) is 0 Å². The molecule has 0 radical (unpaired) electrons. The number of hydrogen-bond acceptors (Lipinski definition) is 4. The highest BCUT2D eigenvalue weighted by Crippen LogP contribution is 2.15. The fourth-order valence-electron chi connectivity index (χ4n) is 2.77. The number of carbonyl (C=O) groups is 1. The fourth-order valence-corrected chi connectivity index (χ4v) is 4.50. The summed E-state index contributed by atoms with van der Waals surface area (Å²) in [6.07, 6.45) is 3.30. The number of aryl methyl sites for hydroxylation is 1. The van der Waals surface area contributed by atoms with Crippen molar-refractivity contribution in [1.29, 1.82) is 0 Å². The van der Waals surface area contributed by atoms with Gasteiger partial charge in [0, 0.05) is 0 Å². The maximum Gasteiger partial charge on any atom is 0.241 e. The molecule has 7 heteroatoms. The molecule has 0 spiro atoms. The quantitative estimate of drug-likeness (QED) is 0.617. The predicted molar refractivity (Wildman–Crippen MR) is 116 cm³/mol. The summed E-state index contributed by atoms with van der Waals surface area (Å²) < 4.78 is 27.8. The van der Waals surface area contributed by atoms with Crippen LogP contribution in [0.4, 0.5) is 0 Å². The average molecular weight is 421 g/mol. The highest BCUT2D eigenvalue weighted by atomic mass is 32.2. The van der Waals surface area contributed by atoms with E-state index in [-0.39, 0.29) is 16.8 Å². The van der Waals surface area contributed by atoms with Crippen LogP contribution in [0.3, 0.4) is 0 Å². The molecule has 0 saturated carbocycles. The van der Waals surface area contributed by atoms with Gasteiger partial charge < -0.3 is 5.32 Å². The molecule has 28 heavy (non-hydrogen) atoms. The van der Waals surface area contributed by atoms with Crippen LogP contribution in [0.1, 0.15) is 37.4 Å². The van der Waals surface area contributed by atoms with Gasteiger partial charge in [-0.25, -0.2) is 8.42 Å². The minimum Gasteiger partial charge on any atom is -0.348 e. The molecule has 0 aliphatic heterocycles. The number of rotatable bonds is 10. The number of nitrogens with one attached hydrogen (secondary N) is 2. The number of sulfonamides is 1. The molecule has 152 valence electrons. The molecule has 0 aromatic heterocycles. The molecule has 0 aliphatic carbocycles. The monoisotopic (exact) mass is 420 g/mol. The van der Waals surface area contributed by atoms with Crippen LogP contribution in [0.15, 0.2) is 59.5 Å². The highest BCUT2D eigenvalue weighted by molar-refractivity contribution is 7.98. The van der Waals surface area contributed by atoms with E-state index in [4.69, 9.17) is 0 Å². The van der Waals surface area contributed by atoms with Crippen LogP contribution < -0.4 is 10.0 Å². The third-order valence-electron chi connectivity index (χ3n) is 4.52. The van der Waals surface area contributed by atoms with Gasteiger partial charge in [0.1, 0.15) is 6.04 Å². The molecular weight excluding hydrogens is 392 g/mol. The van der Waals surface area contributed by atoms with Crippen LogP contribution in [0.5, 0.6) is 0 Å². The second-order valence-corrected chi connectivity index (χ2v) is 9.29. The standard InChI is InChI=1S/C21H28N2O3S2/c1-4-17-10-12-18(13-11-17)16(2)22-21(24)20(14-15-27-3)23-28(25,26)19-8-6-5-7-9-19/h5-13,16,20,23H,4,14-15H2,1-3H3,(H,22,24). The topological polar surface area (TPSA) is 75.3 Å². The predicted octanol–water partition coefficient (Wildman–Crippen LogP) is 3.53. The molecule has 0 aliphatic rings. The Morgan fingerprint density at radius 2 is 1.71 bits per heavy atom. The Morgan fingerprint density at radius 1 is 1.07 bits per heavy atom. The zero-order valence-electron chi connectivity index (χ0n) is 16.5. The number of thioether (sulfide) groups is 1. The third kappa shape index (κ3) is 6.36. The van der Waals surface area contributed by atoms with E-state index >= 15 is 0 Å². The van der Waals surface area contributed by atoms with E-state index in [1.807, 2.05) is 37.4 Å². The van der Waals surface area contributed by atoms with Gasteiger partial charge in [0.05, 0.1) is 10.9 Å². The van der Waals surface area contributed by atoms with Crippen molar-refractivity contribution in [3.05, 3.63) is 65.7 Å². The van der Waals surface area contributed by atoms with Crippen molar-refractivity contribution >= 4 is 27.7 Å². The summed E-state index contributed by atoms with van der Waals surface area (Å²) in [6.45, 7) is 3.99. The lowest BCUT2D eigenvalue weighted by Gasteiger charge is -2.21. The molecule has 0 heterocycles. The summed E-state index contributed by atoms with van der Waals surface area (Å²) in [5, 5.41) is 2.94. The van der Waals surface area contributed by atoms with Crippen LogP contribution in [0, 0.1) is 0 Å². The molecule has 2 aromatic rings. The zero-order chi connectivity index (χ0) is 20.6. The number of benzene rings is 2. The maximum absolute atomic E-state index is 12.8. The van der Waals surface area contributed by atoms with Crippen molar-refractivity contribution in [3.8, 4) is 0 Å². The van der Waals surface area contributed by atoms with Crippen molar-refractivity contribution in [3.63, 3.8) is 0 Å². The largest absolute Gasteiger partial charge is 0.348 e. The van der Waals surface area contributed by atoms with Gasteiger partial charge >= 0.3 is 0 Å². The molecule has 2 rings (SSSR count). The van der Waals surface area contributed by atoms with Gasteiger partial charge in [-0.2, -0.15) is 16.5 Å². The summed E-state index contributed by atoms with van der Waals surface area (Å²) in [5.41, 5.74) is 2.22. The van der Waals surface area contributed by atoms with Crippen molar-refractivity contribution < 1.29 is 13.2 Å². The molecular formula is C21H28N2O3S2. The SMILES string of the molecule is CCc1ccc(C(C)NC(=O)C(CCSC)NS(=O)(=O)c2ccccc2)cc1. The zero-order valence-corrected chi connectivity index (χ0v) is 18.1. The minimum atomic E-state index is -3.76. The Kier molecular flexibility index (Phi) is 8.54. The van der Waals surface area contributed by atoms with Crippen LogP contribution in [-0.2, 0) is 21.2 Å². The molecule has 2 aromatic carbocycles. The first-order chi connectivity index (χ1) is 13.4. The number of hydrogen-bond donors (Lipinski definition) is 2. The second kappa shape index (κ2) is 10.6. The van der Waals surface area contributed by atoms with Crippen LogP contribution in [0.25, 0.3) is 0 Å². The lowest BCUT2D eigenvalue weighted by atomic mass is 10.0. The number of carbonyl (C=O) groups excluding carboxylic acids is 1. The average Bonchev–Trinajstić information content (AvgIpc) is 2.71. The molecule has 2 unspecified atom stereocenters. The van der Waals surface area contributed by atoms with Gasteiger partial charge in [-0.1, -0.05) is 49.4 Å². The smallest absolute Gasteiger partial charge is 0.241 e. The van der Waals surface area contributed by atoms with Gasteiger partial charge in [-0.15, -0.1) is 0 Å². The first-order valence-electron chi connectivity index (χ1n) is 9.33. The Bertz CT molecular complexity index is 853. The highest BCUT2D eigenvalue weighted by Gasteiger charge is 2.26. The van der Waals surface area contributed by atoms with E-state index in [0.717, 1.165) is 12.0 Å². The fraction of sp³-hybridized carbons (Fsp3) is 0.381. The molecule has 5 nitrogen and oxygen atoms in total. The summed E-state index contributed by atoms with van der Waals surface area (Å²) in [6, 6.07) is 15.1. The van der Waals surface area contributed by atoms with Crippen molar-refractivity contribution in [2.45, 2.75) is 43.7 Å². The van der Waals surface area contributed by atoms with Crippen molar-refractivity contribution in [2.75, 3.05) is 12.0 Å². The van der Waals surface area contributed by atoms with E-state index < -0.39 is 16.1 Å². The first kappa shape index (κ1) is 22.5. The van der Waals surface area contributed by atoms with Gasteiger partial charge in [0.25, 0.3) is 0 Å². The lowest BCUT2D eigenvalue weighted by molar-refractivity contribution is -0.123. The van der Waals surface area contributed by atoms with Crippen molar-refractivity contribution in [1.82, 2.24) is 10.0 Å². The van der Waals surface area contributed by atoms with Gasteiger partial charge in [0.2, 0.25) is 15.9 Å². The maximum atomic E-state index is 12.8. The first-order valence-corrected chi connectivity index (χ1v) is 12.2. The lowest BCUT2D eigenvalue weighted by Crippen LogP contribution is -2.47. The van der Waals surface area contributed by atoms with E-state index in [0.29, 0.717) is 12.2 Å². The molecule has 0 saturated heterocycles. The second-order valence-electron chi connectivity index (χ2n) is 6.59. The summed E-state index contributed by atoms with van der Waals surface area (Å²) in [7, 11) is -3.76. The minimum absolute atomic E-state index is 0.153. The van der Waals surface area contributed by atoms with E-state index in [2.05, 4.69) is 17.0 Å². The Hall–Kier alpha value is -1.83. The van der Waals surface area contributed by atoms with Crippen LogP contribution >= 0.6 is 11.8 Å². The molecule has 1 amide bonds. The normalized spacial score (nSPS) is 13.7. The molecule has 0 bridgehead atoms. The van der Waals surface area contributed by atoms with Gasteiger partial charge in [-0.3, -0.25) is 4.79 Å². The van der Waals surface area contributed by atoms with Crippen molar-refractivity contribution in [2.24, 2.45) is 0 Å². The third-order valence-corrected chi connectivity index (χ3v) is 6.66. The van der Waals surface area contributed by atoms with Gasteiger partial charge in [-0.05, 0) is 55.0 Å². The Balaban J connectivity index is 2.11. The summed E-state index contributed by atoms with van der Waals surface area (Å²) in [5.74, 6) is 0.357. The molecule has 2 atom stereocenters. The Labute approximate surface area is 172 Å². The number of amides is 1. The van der Waals surface area contributed by atoms with E-state index in [1.165, 1.54) is 17.7 Å². The van der Waals surface area contributed by atoms with Gasteiger partial charge in [0.15, 0.2) is 0 Å². The Morgan fingerprint density at radius 3 is 2.29 bits per heavy atom. The molecule has 0 fully saturated rings.